The third kappa shape index (κ3) is 1.39. The van der Waals surface area contributed by atoms with E-state index < -0.39 is 5.97 Å². The van der Waals surface area contributed by atoms with Crippen molar-refractivity contribution in [1.29, 1.82) is 0 Å². The van der Waals surface area contributed by atoms with Crippen molar-refractivity contribution in [3.63, 3.8) is 0 Å². The third-order valence-electron chi connectivity index (χ3n) is 1.68. The molecule has 2 aromatic rings. The van der Waals surface area contributed by atoms with Crippen LogP contribution in [0.4, 0.5) is 0 Å². The maximum atomic E-state index is 10.4. The van der Waals surface area contributed by atoms with Crippen LogP contribution < -0.4 is 0 Å². The highest BCUT2D eigenvalue weighted by Gasteiger charge is 2.08. The smallest absolute Gasteiger partial charge is 0.311 e. The molecule has 0 aliphatic heterocycles. The summed E-state index contributed by atoms with van der Waals surface area (Å²) in [5.41, 5.74) is 1.16. The van der Waals surface area contributed by atoms with Gasteiger partial charge in [0.2, 0.25) is 0 Å². The van der Waals surface area contributed by atoms with Gasteiger partial charge < -0.3 is 5.11 Å². The lowest BCUT2D eigenvalue weighted by molar-refractivity contribution is -0.136. The van der Waals surface area contributed by atoms with Gasteiger partial charge in [-0.15, -0.1) is 15.3 Å². The van der Waals surface area contributed by atoms with Crippen molar-refractivity contribution < 1.29 is 9.90 Å². The van der Waals surface area contributed by atoms with E-state index in [-0.39, 0.29) is 12.2 Å². The van der Waals surface area contributed by atoms with Gasteiger partial charge in [0.25, 0.3) is 0 Å². The number of carboxylic acid groups (broad SMARTS) is 1. The molecule has 0 atom stereocenters. The van der Waals surface area contributed by atoms with Gasteiger partial charge in [-0.3, -0.25) is 4.79 Å². The molecular weight excluding hydrogens is 186 g/mol. The van der Waals surface area contributed by atoms with Gasteiger partial charge in [0.15, 0.2) is 11.5 Å². The fraction of sp³-hybridized carbons (Fsp3) is 0.286. The van der Waals surface area contributed by atoms with E-state index in [2.05, 4.69) is 20.3 Å². The summed E-state index contributed by atoms with van der Waals surface area (Å²) >= 11 is 0. The monoisotopic (exact) mass is 193 g/mol. The fourth-order valence-corrected chi connectivity index (χ4v) is 1.14. The van der Waals surface area contributed by atoms with E-state index in [4.69, 9.17) is 5.11 Å². The van der Waals surface area contributed by atoms with Crippen LogP contribution in [0, 0.1) is 6.92 Å². The molecule has 0 radical (unpaired) electrons. The van der Waals surface area contributed by atoms with Crippen LogP contribution in [0.3, 0.4) is 0 Å². The van der Waals surface area contributed by atoms with Crippen LogP contribution in [0.1, 0.15) is 11.5 Å². The van der Waals surface area contributed by atoms with E-state index in [1.807, 2.05) is 0 Å². The molecule has 0 fully saturated rings. The van der Waals surface area contributed by atoms with Crippen LogP contribution in [0.5, 0.6) is 0 Å². The highest BCUT2D eigenvalue weighted by atomic mass is 16.4. The maximum Gasteiger partial charge on any atom is 0.311 e. The Kier molecular flexibility index (Phi) is 1.84. The molecule has 0 bridgehead atoms. The molecule has 1 N–H and O–H groups in total. The summed E-state index contributed by atoms with van der Waals surface area (Å²) in [5.74, 6) is -0.709. The lowest BCUT2D eigenvalue weighted by Gasteiger charge is -1.98. The average Bonchev–Trinajstić information content (AvgIpc) is 2.50. The van der Waals surface area contributed by atoms with Crippen molar-refractivity contribution in [3.8, 4) is 0 Å². The second-order valence-corrected chi connectivity index (χ2v) is 2.78. The lowest BCUT2D eigenvalue weighted by Crippen LogP contribution is -2.09. The van der Waals surface area contributed by atoms with Crippen molar-refractivity contribution in [3.05, 3.63) is 17.8 Å². The number of aryl methyl sites for hydroxylation is 1. The van der Waals surface area contributed by atoms with Gasteiger partial charge in [-0.1, -0.05) is 0 Å². The molecule has 0 aliphatic rings. The second-order valence-electron chi connectivity index (χ2n) is 2.78. The Morgan fingerprint density at radius 3 is 3.14 bits per heavy atom. The summed E-state index contributed by atoms with van der Waals surface area (Å²) < 4.78 is 1.42. The summed E-state index contributed by atoms with van der Waals surface area (Å²) in [7, 11) is 0. The van der Waals surface area contributed by atoms with Crippen molar-refractivity contribution in [2.24, 2.45) is 0 Å². The van der Waals surface area contributed by atoms with E-state index in [9.17, 15) is 4.79 Å². The number of rotatable bonds is 2. The number of nitrogens with zero attached hydrogens (tertiary/aromatic N) is 5. The zero-order chi connectivity index (χ0) is 10.1. The summed E-state index contributed by atoms with van der Waals surface area (Å²) in [5, 5.41) is 19.9. The Morgan fingerprint density at radius 2 is 2.43 bits per heavy atom. The molecule has 0 saturated heterocycles. The van der Waals surface area contributed by atoms with Crippen LogP contribution in [0.2, 0.25) is 0 Å². The minimum absolute atomic E-state index is 0.199. The SMILES string of the molecule is Cc1nc(CC(=O)O)nn2cnnc12. The number of aromatic nitrogens is 5. The van der Waals surface area contributed by atoms with E-state index in [0.29, 0.717) is 11.3 Å². The van der Waals surface area contributed by atoms with E-state index in [1.54, 1.807) is 6.92 Å². The van der Waals surface area contributed by atoms with E-state index >= 15 is 0 Å². The molecule has 2 rings (SSSR count). The number of carboxylic acids is 1. The largest absolute Gasteiger partial charge is 0.481 e. The highest BCUT2D eigenvalue weighted by molar-refractivity contribution is 5.69. The summed E-state index contributed by atoms with van der Waals surface area (Å²) in [6, 6.07) is 0. The quantitative estimate of drug-likeness (QED) is 0.688. The molecule has 2 heterocycles. The van der Waals surface area contributed by atoms with Crippen LogP contribution in [0.15, 0.2) is 6.33 Å². The first-order valence-electron chi connectivity index (χ1n) is 3.92. The van der Waals surface area contributed by atoms with Crippen LogP contribution in [0.25, 0.3) is 5.65 Å². The molecule has 0 unspecified atom stereocenters. The van der Waals surface area contributed by atoms with Gasteiger partial charge in [-0.25, -0.2) is 4.98 Å². The molecule has 72 valence electrons. The molecule has 0 aromatic carbocycles. The summed E-state index contributed by atoms with van der Waals surface area (Å²) in [6.45, 7) is 1.73. The number of aliphatic carboxylic acids is 1. The lowest BCUT2D eigenvalue weighted by atomic mass is 10.4. The number of hydrogen-bond acceptors (Lipinski definition) is 5. The Labute approximate surface area is 78.4 Å². The van der Waals surface area contributed by atoms with Gasteiger partial charge in [0, 0.05) is 0 Å². The van der Waals surface area contributed by atoms with Gasteiger partial charge in [-0.05, 0) is 6.92 Å². The molecule has 7 nitrogen and oxygen atoms in total. The predicted molar refractivity (Wildman–Crippen MR) is 44.7 cm³/mol. The molecule has 0 amide bonds. The molecular formula is C7H7N5O2. The molecule has 0 spiro atoms. The highest BCUT2D eigenvalue weighted by Crippen LogP contribution is 2.02. The Morgan fingerprint density at radius 1 is 1.64 bits per heavy atom. The molecule has 7 heteroatoms. The minimum Gasteiger partial charge on any atom is -0.481 e. The normalized spacial score (nSPS) is 10.6. The number of fused-ring (bicyclic) bond motifs is 1. The molecule has 2 aromatic heterocycles. The van der Waals surface area contributed by atoms with E-state index in [0.717, 1.165) is 0 Å². The van der Waals surface area contributed by atoms with Crippen LogP contribution >= 0.6 is 0 Å². The third-order valence-corrected chi connectivity index (χ3v) is 1.68. The average molecular weight is 193 g/mol. The first kappa shape index (κ1) is 8.54. The van der Waals surface area contributed by atoms with Crippen molar-refractivity contribution >= 4 is 11.6 Å². The zero-order valence-corrected chi connectivity index (χ0v) is 7.38. The Hall–Kier alpha value is -2.05. The first-order chi connectivity index (χ1) is 6.66. The van der Waals surface area contributed by atoms with Gasteiger partial charge in [0.1, 0.15) is 12.7 Å². The topological polar surface area (TPSA) is 93.3 Å². The predicted octanol–water partition coefficient (Wildman–Crippen LogP) is -0.545. The maximum absolute atomic E-state index is 10.4. The van der Waals surface area contributed by atoms with Crippen molar-refractivity contribution in [2.45, 2.75) is 13.3 Å². The molecule has 0 aliphatic carbocycles. The van der Waals surface area contributed by atoms with Gasteiger partial charge >= 0.3 is 5.97 Å². The standard InChI is InChI=1S/C7H7N5O2/c1-4-7-10-8-3-12(7)11-5(9-4)2-6(13)14/h3H,2H2,1H3,(H,13,14). The number of carbonyl (C=O) groups is 1. The first-order valence-corrected chi connectivity index (χ1v) is 3.92. The minimum atomic E-state index is -0.961. The van der Waals surface area contributed by atoms with Crippen LogP contribution in [-0.4, -0.2) is 35.9 Å². The van der Waals surface area contributed by atoms with Gasteiger partial charge in [0.05, 0.1) is 5.69 Å². The molecule has 0 saturated carbocycles. The Bertz CT molecular complexity index is 492. The second kappa shape index (κ2) is 3.02. The van der Waals surface area contributed by atoms with E-state index in [1.165, 1.54) is 10.8 Å². The fourth-order valence-electron chi connectivity index (χ4n) is 1.14. The molecule has 14 heavy (non-hydrogen) atoms. The summed E-state index contributed by atoms with van der Waals surface area (Å²) in [4.78, 5) is 14.4. The van der Waals surface area contributed by atoms with Crippen molar-refractivity contribution in [2.75, 3.05) is 0 Å². The van der Waals surface area contributed by atoms with Crippen LogP contribution in [-0.2, 0) is 11.2 Å². The number of hydrogen-bond donors (Lipinski definition) is 1. The summed E-state index contributed by atoms with van der Waals surface area (Å²) in [6.07, 6.45) is 1.21. The van der Waals surface area contributed by atoms with Gasteiger partial charge in [-0.2, -0.15) is 4.52 Å². The van der Waals surface area contributed by atoms with Crippen molar-refractivity contribution in [1.82, 2.24) is 24.8 Å². The zero-order valence-electron chi connectivity index (χ0n) is 7.38. The Balaban J connectivity index is 2.53.